The molecule has 22 heteroatoms. The fourth-order valence-corrected chi connectivity index (χ4v) is 7.08. The number of guanidine groups is 1. The Balaban J connectivity index is 1.65. The number of carbonyl (C=O) groups excluding carboxylic acids is 6. The minimum Gasteiger partial charge on any atom is -0.480 e. The van der Waals surface area contributed by atoms with Crippen molar-refractivity contribution >= 4 is 83.5 Å². The van der Waals surface area contributed by atoms with Crippen LogP contribution < -0.4 is 43.4 Å². The number of carboxylic acid groups (broad SMARTS) is 1. The Bertz CT molecular complexity index is 2200. The van der Waals surface area contributed by atoms with E-state index in [1.807, 2.05) is 18.2 Å². The zero-order chi connectivity index (χ0) is 45.9. The Morgan fingerprint density at radius 3 is 1.83 bits per heavy atom. The predicted molar refractivity (Wildman–Crippen MR) is 242 cm³/mol. The van der Waals surface area contributed by atoms with Gasteiger partial charge in [0.2, 0.25) is 35.4 Å². The average molecular weight is 907 g/mol. The summed E-state index contributed by atoms with van der Waals surface area (Å²) >= 11 is 8.26. The van der Waals surface area contributed by atoms with Crippen LogP contribution in [0.4, 0.5) is 0 Å². The van der Waals surface area contributed by atoms with Gasteiger partial charge in [-0.1, -0.05) is 48.5 Å². The summed E-state index contributed by atoms with van der Waals surface area (Å²) in [5.41, 5.74) is 13.6. The summed E-state index contributed by atoms with van der Waals surface area (Å²) in [6.07, 6.45) is 4.67. The minimum atomic E-state index is -1.37. The molecule has 338 valence electrons. The maximum atomic E-state index is 14.4. The summed E-state index contributed by atoms with van der Waals surface area (Å²) in [6.45, 7) is 1.33. The highest BCUT2D eigenvalue weighted by Gasteiger charge is 2.34. The lowest BCUT2D eigenvalue weighted by atomic mass is 10.0. The van der Waals surface area contributed by atoms with Gasteiger partial charge >= 0.3 is 5.97 Å². The highest BCUT2D eigenvalue weighted by atomic mass is 32.1. The molecule has 4 rings (SSSR count). The molecule has 0 aliphatic heterocycles. The first-order chi connectivity index (χ1) is 30.2. The number of thiol groups is 2. The van der Waals surface area contributed by atoms with Gasteiger partial charge in [0.15, 0.2) is 5.96 Å². The molecular formula is C41H54N12O8S2. The molecule has 0 radical (unpaired) electrons. The van der Waals surface area contributed by atoms with Crippen molar-refractivity contribution in [2.24, 2.45) is 16.5 Å². The van der Waals surface area contributed by atoms with Gasteiger partial charge in [-0.15, -0.1) is 0 Å². The molecule has 4 aromatic rings. The highest BCUT2D eigenvalue weighted by molar-refractivity contribution is 7.80. The van der Waals surface area contributed by atoms with E-state index in [1.54, 1.807) is 42.6 Å². The van der Waals surface area contributed by atoms with E-state index in [2.05, 4.69) is 77.1 Å². The molecule has 0 aliphatic carbocycles. The van der Waals surface area contributed by atoms with E-state index in [0.717, 1.165) is 10.9 Å². The second kappa shape index (κ2) is 24.8. The van der Waals surface area contributed by atoms with Gasteiger partial charge in [-0.3, -0.25) is 33.8 Å². The number of rotatable bonds is 25. The van der Waals surface area contributed by atoms with E-state index >= 15 is 0 Å². The number of aromatic amines is 2. The van der Waals surface area contributed by atoms with Crippen molar-refractivity contribution in [2.75, 3.05) is 18.1 Å². The van der Waals surface area contributed by atoms with Gasteiger partial charge in [0, 0.05) is 67.5 Å². The van der Waals surface area contributed by atoms with Crippen molar-refractivity contribution in [2.45, 2.75) is 81.7 Å². The Morgan fingerprint density at radius 2 is 1.25 bits per heavy atom. The normalized spacial score (nSPS) is 13.8. The minimum absolute atomic E-state index is 0.0373. The SMILES string of the molecule is CC(=O)N[C@@H](CCS)C(=O)N[C@@H](Cc1cnc[nH]1)C(=O)N[C@H](Cc1ccccc1)C(=O)N[C@@H](CCCN=C(N)N)C(=O)N[C@@H](Cc1c[nH]c2ccccc12)C(=O)N[C@@H](CS)C(=O)O. The topological polar surface area (TPSA) is 321 Å². The largest absolute Gasteiger partial charge is 0.480 e. The fourth-order valence-electron chi connectivity index (χ4n) is 6.58. The quantitative estimate of drug-likeness (QED) is 0.0170. The number of H-pyrrole nitrogens is 2. The van der Waals surface area contributed by atoms with Crippen LogP contribution in [0.5, 0.6) is 0 Å². The van der Waals surface area contributed by atoms with Crippen molar-refractivity contribution < 1.29 is 38.7 Å². The number of carbonyl (C=O) groups is 7. The number of fused-ring (bicyclic) bond motifs is 1. The number of hydrogen-bond acceptors (Lipinski definition) is 11. The van der Waals surface area contributed by atoms with Crippen LogP contribution in [0.1, 0.15) is 43.0 Å². The summed E-state index contributed by atoms with van der Waals surface area (Å²) in [6, 6.07) is 8.42. The number of hydrogen-bond donors (Lipinski definition) is 13. The lowest BCUT2D eigenvalue weighted by Crippen LogP contribution is -2.60. The third-order valence-electron chi connectivity index (χ3n) is 9.75. The van der Waals surface area contributed by atoms with Crippen LogP contribution in [-0.4, -0.2) is 122 Å². The van der Waals surface area contributed by atoms with Gasteiger partial charge in [0.1, 0.15) is 36.3 Å². The first-order valence-electron chi connectivity index (χ1n) is 20.0. The zero-order valence-electron chi connectivity index (χ0n) is 34.5. The number of benzene rings is 2. The first-order valence-corrected chi connectivity index (χ1v) is 21.3. The fraction of sp³-hybridized carbons (Fsp3) is 0.390. The van der Waals surface area contributed by atoms with E-state index in [1.165, 1.54) is 19.4 Å². The van der Waals surface area contributed by atoms with Crippen LogP contribution in [0.2, 0.25) is 0 Å². The predicted octanol–water partition coefficient (Wildman–Crippen LogP) is -0.764. The number of carboxylic acids is 1. The van der Waals surface area contributed by atoms with Crippen LogP contribution in [0, 0.1) is 0 Å². The highest BCUT2D eigenvalue weighted by Crippen LogP contribution is 2.20. The molecule has 0 bridgehead atoms. The van der Waals surface area contributed by atoms with E-state index in [4.69, 9.17) is 11.5 Å². The smallest absolute Gasteiger partial charge is 0.327 e. The first kappa shape index (κ1) is 49.1. The molecule has 13 N–H and O–H groups in total. The Labute approximate surface area is 374 Å². The molecule has 2 aromatic carbocycles. The summed E-state index contributed by atoms with van der Waals surface area (Å²) < 4.78 is 0. The van der Waals surface area contributed by atoms with Crippen molar-refractivity contribution in [1.82, 2.24) is 46.9 Å². The van der Waals surface area contributed by atoms with Crippen molar-refractivity contribution in [3.63, 3.8) is 0 Å². The number of imidazole rings is 1. The molecule has 6 atom stereocenters. The molecule has 2 heterocycles. The van der Waals surface area contributed by atoms with Crippen molar-refractivity contribution in [3.8, 4) is 0 Å². The Morgan fingerprint density at radius 1 is 0.698 bits per heavy atom. The number of amides is 6. The standard InChI is InChI=1S/C41H54N12O8S2/c1-23(54)48-30(13-15-62)36(56)52-33(18-26-20-44-22-47-26)39(59)50-31(16-24-8-3-2-4-9-24)37(57)49-29(12-7-14-45-41(42)43)35(55)51-32(38(58)53-34(21-63)40(60)61)17-25-19-46-28-11-6-5-10-27(25)28/h2-6,8-11,19-20,22,29-34,46,62-63H,7,12-18,21H2,1H3,(H,44,47)(H,48,54)(H,49,57)(H,50,59)(H,51,55)(H,52,56)(H,53,58)(H,60,61)(H4,42,43,45)/t29-,30-,31+,32-,33-,34-/m0/s1. The van der Waals surface area contributed by atoms with Crippen LogP contribution in [0.15, 0.2) is 78.3 Å². The molecule has 2 aromatic heterocycles. The second-order valence-corrected chi connectivity index (χ2v) is 15.4. The molecule has 0 unspecified atom stereocenters. The van der Waals surface area contributed by atoms with Crippen LogP contribution in [-0.2, 0) is 52.8 Å². The summed E-state index contributed by atoms with van der Waals surface area (Å²) in [5.74, 6) is -5.77. The lowest BCUT2D eigenvalue weighted by molar-refractivity contribution is -0.141. The Hall–Kier alpha value is -6.55. The number of nitrogens with one attached hydrogen (secondary N) is 8. The number of aliphatic imine (C=N–C) groups is 1. The molecule has 0 spiro atoms. The molecule has 0 aliphatic rings. The number of nitrogens with zero attached hydrogens (tertiary/aromatic N) is 2. The van der Waals surface area contributed by atoms with E-state index in [9.17, 15) is 38.7 Å². The van der Waals surface area contributed by atoms with Crippen molar-refractivity contribution in [3.05, 3.63) is 90.1 Å². The van der Waals surface area contributed by atoms with E-state index in [0.29, 0.717) is 16.8 Å². The van der Waals surface area contributed by atoms with Gasteiger partial charge in [-0.05, 0) is 42.2 Å². The molecule has 0 fully saturated rings. The number of para-hydroxylation sites is 1. The zero-order valence-corrected chi connectivity index (χ0v) is 36.3. The third kappa shape index (κ3) is 15.7. The maximum Gasteiger partial charge on any atom is 0.327 e. The maximum absolute atomic E-state index is 14.4. The number of aliphatic carboxylic acids is 1. The third-order valence-corrected chi connectivity index (χ3v) is 10.4. The summed E-state index contributed by atoms with van der Waals surface area (Å²) in [7, 11) is 0. The average Bonchev–Trinajstić information content (AvgIpc) is 3.92. The number of nitrogens with two attached hydrogens (primary N) is 2. The monoisotopic (exact) mass is 906 g/mol. The van der Waals surface area contributed by atoms with Crippen LogP contribution >= 0.6 is 25.3 Å². The van der Waals surface area contributed by atoms with Crippen LogP contribution in [0.25, 0.3) is 10.9 Å². The molecule has 63 heavy (non-hydrogen) atoms. The van der Waals surface area contributed by atoms with Crippen LogP contribution in [0.3, 0.4) is 0 Å². The summed E-state index contributed by atoms with van der Waals surface area (Å²) in [4.78, 5) is 108. The molecule has 6 amide bonds. The Kier molecular flexibility index (Phi) is 19.3. The van der Waals surface area contributed by atoms with Gasteiger partial charge in [0.05, 0.1) is 6.33 Å². The number of aromatic nitrogens is 3. The van der Waals surface area contributed by atoms with E-state index < -0.39 is 77.7 Å². The van der Waals surface area contributed by atoms with Gasteiger partial charge < -0.3 is 58.4 Å². The van der Waals surface area contributed by atoms with Gasteiger partial charge in [-0.2, -0.15) is 25.3 Å². The van der Waals surface area contributed by atoms with E-state index in [-0.39, 0.29) is 62.5 Å². The molecule has 20 nitrogen and oxygen atoms in total. The molecule has 0 saturated carbocycles. The second-order valence-electron chi connectivity index (χ2n) is 14.6. The van der Waals surface area contributed by atoms with Crippen molar-refractivity contribution in [1.29, 1.82) is 0 Å². The summed E-state index contributed by atoms with van der Waals surface area (Å²) in [5, 5.41) is 26.3. The molecule has 0 saturated heterocycles. The van der Waals surface area contributed by atoms with Gasteiger partial charge in [0.25, 0.3) is 0 Å². The lowest BCUT2D eigenvalue weighted by Gasteiger charge is -2.27. The van der Waals surface area contributed by atoms with Gasteiger partial charge in [-0.25, -0.2) is 9.78 Å². The molecular weight excluding hydrogens is 853 g/mol.